The van der Waals surface area contributed by atoms with E-state index in [2.05, 4.69) is 17.4 Å². The van der Waals surface area contributed by atoms with Gasteiger partial charge in [-0.05, 0) is 37.5 Å². The number of hydrogen-bond acceptors (Lipinski definition) is 1. The molecule has 0 aliphatic heterocycles. The summed E-state index contributed by atoms with van der Waals surface area (Å²) in [5, 5.41) is 3.68. The zero-order chi connectivity index (χ0) is 15.2. The third-order valence-electron chi connectivity index (χ3n) is 3.28. The molecule has 0 spiro atoms. The lowest BCUT2D eigenvalue weighted by Crippen LogP contribution is -2.33. The SMILES string of the molecule is C[C@@H](CCc1ccccc1)NC(=O)c1c(Cl)cccc1Cl. The van der Waals surface area contributed by atoms with Crippen LogP contribution in [0.3, 0.4) is 0 Å². The lowest BCUT2D eigenvalue weighted by molar-refractivity contribution is 0.0939. The average Bonchev–Trinajstić information content (AvgIpc) is 2.46. The molecule has 4 heteroatoms. The van der Waals surface area contributed by atoms with Crippen LogP contribution in [-0.4, -0.2) is 11.9 Å². The van der Waals surface area contributed by atoms with E-state index in [0.717, 1.165) is 12.8 Å². The molecule has 1 N–H and O–H groups in total. The first kappa shape index (κ1) is 15.9. The van der Waals surface area contributed by atoms with Gasteiger partial charge in [-0.1, -0.05) is 59.6 Å². The number of aryl methyl sites for hydroxylation is 1. The third-order valence-corrected chi connectivity index (χ3v) is 3.91. The Balaban J connectivity index is 1.93. The molecule has 0 bridgehead atoms. The maximum atomic E-state index is 12.2. The molecule has 0 heterocycles. The predicted molar refractivity (Wildman–Crippen MR) is 88.2 cm³/mol. The summed E-state index contributed by atoms with van der Waals surface area (Å²) in [4.78, 5) is 12.2. The van der Waals surface area contributed by atoms with Crippen LogP contribution < -0.4 is 5.32 Å². The van der Waals surface area contributed by atoms with E-state index in [-0.39, 0.29) is 11.9 Å². The highest BCUT2D eigenvalue weighted by molar-refractivity contribution is 6.39. The second-order valence-corrected chi connectivity index (χ2v) is 5.81. The summed E-state index contributed by atoms with van der Waals surface area (Å²) in [6, 6.07) is 15.3. The van der Waals surface area contributed by atoms with Crippen LogP contribution in [0.1, 0.15) is 29.3 Å². The molecule has 21 heavy (non-hydrogen) atoms. The van der Waals surface area contributed by atoms with Crippen molar-refractivity contribution in [1.29, 1.82) is 0 Å². The van der Waals surface area contributed by atoms with Gasteiger partial charge in [-0.3, -0.25) is 4.79 Å². The molecule has 2 nitrogen and oxygen atoms in total. The van der Waals surface area contributed by atoms with Crippen molar-refractivity contribution in [2.75, 3.05) is 0 Å². The average molecular weight is 322 g/mol. The number of carbonyl (C=O) groups excluding carboxylic acids is 1. The Morgan fingerprint density at radius 1 is 1.05 bits per heavy atom. The quantitative estimate of drug-likeness (QED) is 0.846. The van der Waals surface area contributed by atoms with E-state index in [1.54, 1.807) is 18.2 Å². The van der Waals surface area contributed by atoms with E-state index in [4.69, 9.17) is 23.2 Å². The maximum Gasteiger partial charge on any atom is 0.254 e. The van der Waals surface area contributed by atoms with Gasteiger partial charge in [0.1, 0.15) is 0 Å². The van der Waals surface area contributed by atoms with Gasteiger partial charge in [-0.25, -0.2) is 0 Å². The van der Waals surface area contributed by atoms with Crippen molar-refractivity contribution < 1.29 is 4.79 Å². The largest absolute Gasteiger partial charge is 0.349 e. The molecule has 0 aliphatic rings. The number of carbonyl (C=O) groups is 1. The molecule has 110 valence electrons. The van der Waals surface area contributed by atoms with Crippen molar-refractivity contribution in [2.24, 2.45) is 0 Å². The summed E-state index contributed by atoms with van der Waals surface area (Å²) in [5.74, 6) is -0.230. The number of halogens is 2. The van der Waals surface area contributed by atoms with Gasteiger partial charge in [0.15, 0.2) is 0 Å². The third kappa shape index (κ3) is 4.48. The van der Waals surface area contributed by atoms with E-state index in [1.807, 2.05) is 25.1 Å². The van der Waals surface area contributed by atoms with Crippen molar-refractivity contribution >= 4 is 29.1 Å². The van der Waals surface area contributed by atoms with E-state index >= 15 is 0 Å². The van der Waals surface area contributed by atoms with Crippen LogP contribution in [0.5, 0.6) is 0 Å². The second-order valence-electron chi connectivity index (χ2n) is 5.00. The van der Waals surface area contributed by atoms with Crippen molar-refractivity contribution in [3.8, 4) is 0 Å². The van der Waals surface area contributed by atoms with Crippen LogP contribution >= 0.6 is 23.2 Å². The van der Waals surface area contributed by atoms with Gasteiger partial charge in [-0.15, -0.1) is 0 Å². The summed E-state index contributed by atoms with van der Waals surface area (Å²) in [6.45, 7) is 1.98. The van der Waals surface area contributed by atoms with Crippen molar-refractivity contribution in [3.05, 3.63) is 69.7 Å². The molecule has 0 fully saturated rings. The summed E-state index contributed by atoms with van der Waals surface area (Å²) >= 11 is 12.1. The molecule has 0 saturated carbocycles. The molecule has 2 aromatic carbocycles. The molecule has 1 atom stereocenters. The topological polar surface area (TPSA) is 29.1 Å². The highest BCUT2D eigenvalue weighted by atomic mass is 35.5. The standard InChI is InChI=1S/C17H17Cl2NO/c1-12(10-11-13-6-3-2-4-7-13)20-17(21)16-14(18)8-5-9-15(16)19/h2-9,12H,10-11H2,1H3,(H,20,21)/t12-/m0/s1. The molecule has 0 radical (unpaired) electrons. The number of benzene rings is 2. The first-order valence-corrected chi connectivity index (χ1v) is 7.62. The molecule has 0 aliphatic carbocycles. The minimum Gasteiger partial charge on any atom is -0.349 e. The molecule has 1 amide bonds. The Hall–Kier alpha value is -1.51. The van der Waals surface area contributed by atoms with Gasteiger partial charge in [0.05, 0.1) is 15.6 Å². The molecular formula is C17H17Cl2NO. The Labute approximate surface area is 135 Å². The van der Waals surface area contributed by atoms with Crippen LogP contribution in [-0.2, 0) is 6.42 Å². The highest BCUT2D eigenvalue weighted by Crippen LogP contribution is 2.24. The molecule has 0 saturated heterocycles. The molecule has 2 rings (SSSR count). The number of amides is 1. The first-order chi connectivity index (χ1) is 10.1. The fourth-order valence-electron chi connectivity index (χ4n) is 2.11. The molecular weight excluding hydrogens is 305 g/mol. The fraction of sp³-hybridized carbons (Fsp3) is 0.235. The van der Waals surface area contributed by atoms with Gasteiger partial charge in [0.25, 0.3) is 5.91 Å². The van der Waals surface area contributed by atoms with Crippen LogP contribution in [0.4, 0.5) is 0 Å². The summed E-state index contributed by atoms with van der Waals surface area (Å²) < 4.78 is 0. The van der Waals surface area contributed by atoms with Crippen molar-refractivity contribution in [2.45, 2.75) is 25.8 Å². The highest BCUT2D eigenvalue weighted by Gasteiger charge is 2.16. The van der Waals surface area contributed by atoms with Crippen molar-refractivity contribution in [3.63, 3.8) is 0 Å². The minimum absolute atomic E-state index is 0.0463. The van der Waals surface area contributed by atoms with Crippen LogP contribution in [0.15, 0.2) is 48.5 Å². The van der Waals surface area contributed by atoms with Gasteiger partial charge >= 0.3 is 0 Å². The Morgan fingerprint density at radius 2 is 1.67 bits per heavy atom. The second kappa shape index (κ2) is 7.48. The van der Waals surface area contributed by atoms with Crippen LogP contribution in [0, 0.1) is 0 Å². The molecule has 2 aromatic rings. The summed E-state index contributed by atoms with van der Waals surface area (Å²) in [6.07, 6.45) is 1.77. The van der Waals surface area contributed by atoms with E-state index in [1.165, 1.54) is 5.56 Å². The van der Waals surface area contributed by atoms with Crippen LogP contribution in [0.2, 0.25) is 10.0 Å². The minimum atomic E-state index is -0.230. The maximum absolute atomic E-state index is 12.2. The number of hydrogen-bond donors (Lipinski definition) is 1. The lowest BCUT2D eigenvalue weighted by Gasteiger charge is -2.15. The zero-order valence-electron chi connectivity index (χ0n) is 11.8. The van der Waals surface area contributed by atoms with Gasteiger partial charge < -0.3 is 5.32 Å². The van der Waals surface area contributed by atoms with Crippen LogP contribution in [0.25, 0.3) is 0 Å². The monoisotopic (exact) mass is 321 g/mol. The Kier molecular flexibility index (Phi) is 5.66. The lowest BCUT2D eigenvalue weighted by atomic mass is 10.1. The number of nitrogens with one attached hydrogen (secondary N) is 1. The van der Waals surface area contributed by atoms with Gasteiger partial charge in [0.2, 0.25) is 0 Å². The fourth-order valence-corrected chi connectivity index (χ4v) is 2.68. The Morgan fingerprint density at radius 3 is 2.29 bits per heavy atom. The smallest absolute Gasteiger partial charge is 0.254 e. The zero-order valence-corrected chi connectivity index (χ0v) is 13.3. The summed E-state index contributed by atoms with van der Waals surface area (Å²) in [7, 11) is 0. The normalized spacial score (nSPS) is 12.0. The van der Waals surface area contributed by atoms with E-state index in [0.29, 0.717) is 15.6 Å². The van der Waals surface area contributed by atoms with E-state index < -0.39 is 0 Å². The molecule has 0 aromatic heterocycles. The summed E-state index contributed by atoms with van der Waals surface area (Å²) in [5.41, 5.74) is 1.60. The Bertz CT molecular complexity index is 593. The number of rotatable bonds is 5. The predicted octanol–water partition coefficient (Wildman–Crippen LogP) is 4.74. The van der Waals surface area contributed by atoms with Crippen molar-refractivity contribution in [1.82, 2.24) is 5.32 Å². The van der Waals surface area contributed by atoms with Gasteiger partial charge in [-0.2, -0.15) is 0 Å². The first-order valence-electron chi connectivity index (χ1n) is 6.86. The van der Waals surface area contributed by atoms with E-state index in [9.17, 15) is 4.79 Å². The van der Waals surface area contributed by atoms with Gasteiger partial charge in [0, 0.05) is 6.04 Å². The molecule has 0 unspecified atom stereocenters.